The Labute approximate surface area is 116 Å². The quantitative estimate of drug-likeness (QED) is 0.935. The number of halogens is 1. The lowest BCUT2D eigenvalue weighted by Gasteiger charge is -2.21. The van der Waals surface area contributed by atoms with Crippen LogP contribution in [0.1, 0.15) is 37.2 Å². The summed E-state index contributed by atoms with van der Waals surface area (Å²) in [4.78, 5) is 0. The van der Waals surface area contributed by atoms with Crippen molar-refractivity contribution < 1.29 is 0 Å². The van der Waals surface area contributed by atoms with Crippen molar-refractivity contribution in [2.45, 2.75) is 25.9 Å². The molecule has 4 heteroatoms. The molecule has 96 valence electrons. The lowest BCUT2D eigenvalue weighted by Crippen LogP contribution is -2.24. The summed E-state index contributed by atoms with van der Waals surface area (Å²) in [5, 5.41) is 7.79. The second-order valence-electron chi connectivity index (χ2n) is 4.51. The van der Waals surface area contributed by atoms with Crippen LogP contribution in [0.3, 0.4) is 0 Å². The third-order valence-corrected chi connectivity index (χ3v) is 3.90. The summed E-state index contributed by atoms with van der Waals surface area (Å²) in [7, 11) is 1.97. The van der Waals surface area contributed by atoms with Crippen molar-refractivity contribution in [3.63, 3.8) is 0 Å². The van der Waals surface area contributed by atoms with E-state index >= 15 is 0 Å². The molecule has 0 saturated heterocycles. The highest BCUT2D eigenvalue weighted by Gasteiger charge is 2.14. The normalized spacial score (nSPS) is 14.4. The van der Waals surface area contributed by atoms with Crippen LogP contribution in [-0.4, -0.2) is 9.78 Å². The van der Waals surface area contributed by atoms with Crippen LogP contribution in [0, 0.1) is 0 Å². The second-order valence-corrected chi connectivity index (χ2v) is 5.37. The van der Waals surface area contributed by atoms with Gasteiger partial charge in [0.15, 0.2) is 0 Å². The Bertz CT molecular complexity index is 521. The van der Waals surface area contributed by atoms with Gasteiger partial charge in [0.1, 0.15) is 0 Å². The van der Waals surface area contributed by atoms with E-state index in [-0.39, 0.29) is 12.1 Å². The minimum absolute atomic E-state index is 0.264. The summed E-state index contributed by atoms with van der Waals surface area (Å²) in [6.07, 6.45) is 1.83. The minimum Gasteiger partial charge on any atom is -0.302 e. The van der Waals surface area contributed by atoms with Gasteiger partial charge in [-0.1, -0.05) is 34.1 Å². The van der Waals surface area contributed by atoms with E-state index < -0.39 is 0 Å². The highest BCUT2D eigenvalue weighted by molar-refractivity contribution is 9.10. The van der Waals surface area contributed by atoms with E-state index in [1.54, 1.807) is 0 Å². The van der Waals surface area contributed by atoms with Gasteiger partial charge in [0.2, 0.25) is 0 Å². The number of aryl methyl sites for hydroxylation is 1. The molecule has 0 radical (unpaired) electrons. The van der Waals surface area contributed by atoms with Crippen LogP contribution in [0.2, 0.25) is 0 Å². The molecule has 2 unspecified atom stereocenters. The van der Waals surface area contributed by atoms with Crippen LogP contribution in [0.4, 0.5) is 0 Å². The molecule has 0 saturated carbocycles. The van der Waals surface area contributed by atoms with Crippen LogP contribution < -0.4 is 5.32 Å². The van der Waals surface area contributed by atoms with Crippen molar-refractivity contribution in [3.8, 4) is 0 Å². The summed E-state index contributed by atoms with van der Waals surface area (Å²) in [5.41, 5.74) is 2.46. The molecule has 1 aromatic heterocycles. The Morgan fingerprint density at radius 2 is 1.89 bits per heavy atom. The van der Waals surface area contributed by atoms with Crippen LogP contribution in [-0.2, 0) is 7.05 Å². The van der Waals surface area contributed by atoms with E-state index in [9.17, 15) is 0 Å². The first-order valence-corrected chi connectivity index (χ1v) is 6.87. The molecule has 0 aliphatic carbocycles. The number of nitrogens with zero attached hydrogens (tertiary/aromatic N) is 2. The zero-order valence-electron chi connectivity index (χ0n) is 10.9. The zero-order valence-corrected chi connectivity index (χ0v) is 12.5. The third-order valence-electron chi connectivity index (χ3n) is 3.17. The molecule has 0 fully saturated rings. The topological polar surface area (TPSA) is 29.9 Å². The van der Waals surface area contributed by atoms with Crippen LogP contribution in [0.5, 0.6) is 0 Å². The van der Waals surface area contributed by atoms with Gasteiger partial charge < -0.3 is 5.32 Å². The molecular weight excluding hydrogens is 290 g/mol. The molecular formula is C14H18BrN3. The Morgan fingerprint density at radius 1 is 1.17 bits per heavy atom. The molecule has 2 rings (SSSR count). The van der Waals surface area contributed by atoms with Gasteiger partial charge >= 0.3 is 0 Å². The molecule has 3 nitrogen and oxygen atoms in total. The molecule has 18 heavy (non-hydrogen) atoms. The summed E-state index contributed by atoms with van der Waals surface area (Å²) < 4.78 is 3.05. The lowest BCUT2D eigenvalue weighted by molar-refractivity contribution is 0.468. The van der Waals surface area contributed by atoms with Crippen molar-refractivity contribution >= 4 is 15.9 Å². The van der Waals surface area contributed by atoms with Crippen LogP contribution >= 0.6 is 15.9 Å². The SMILES string of the molecule is CC(NC(C)c1ccnn1C)c1ccccc1Br. The van der Waals surface area contributed by atoms with E-state index in [1.165, 1.54) is 11.3 Å². The molecule has 1 heterocycles. The first-order chi connectivity index (χ1) is 8.59. The van der Waals surface area contributed by atoms with Gasteiger partial charge in [0, 0.05) is 29.8 Å². The minimum atomic E-state index is 0.264. The smallest absolute Gasteiger partial charge is 0.0547 e. The Morgan fingerprint density at radius 3 is 2.50 bits per heavy atom. The van der Waals surface area contributed by atoms with Crippen molar-refractivity contribution in [2.75, 3.05) is 0 Å². The van der Waals surface area contributed by atoms with Crippen molar-refractivity contribution in [3.05, 3.63) is 52.3 Å². The molecule has 0 amide bonds. The molecule has 0 aliphatic rings. The number of aromatic nitrogens is 2. The van der Waals surface area contributed by atoms with E-state index in [0.717, 1.165) is 4.47 Å². The van der Waals surface area contributed by atoms with Gasteiger partial charge in [0.05, 0.1) is 5.69 Å². The number of hydrogen-bond acceptors (Lipinski definition) is 2. The monoisotopic (exact) mass is 307 g/mol. The summed E-state index contributed by atoms with van der Waals surface area (Å²) >= 11 is 3.59. The standard InChI is InChI=1S/C14H18BrN3/c1-10(12-6-4-5-7-13(12)15)17-11(2)14-8-9-16-18(14)3/h4-11,17H,1-3H3. The number of benzene rings is 1. The van der Waals surface area contributed by atoms with Gasteiger partial charge in [0.25, 0.3) is 0 Å². The summed E-state index contributed by atoms with van der Waals surface area (Å²) in [6, 6.07) is 10.9. The maximum atomic E-state index is 4.20. The Kier molecular flexibility index (Phi) is 4.19. The maximum absolute atomic E-state index is 4.20. The second kappa shape index (κ2) is 5.67. The fraction of sp³-hybridized carbons (Fsp3) is 0.357. The first-order valence-electron chi connectivity index (χ1n) is 6.08. The predicted molar refractivity (Wildman–Crippen MR) is 77.3 cm³/mol. The van der Waals surface area contributed by atoms with E-state index in [0.29, 0.717) is 0 Å². The molecule has 2 aromatic rings. The van der Waals surface area contributed by atoms with Gasteiger partial charge in [-0.3, -0.25) is 4.68 Å². The van der Waals surface area contributed by atoms with Gasteiger partial charge in [-0.2, -0.15) is 5.10 Å². The Hall–Kier alpha value is -1.13. The Balaban J connectivity index is 2.11. The largest absolute Gasteiger partial charge is 0.302 e. The number of rotatable bonds is 4. The maximum Gasteiger partial charge on any atom is 0.0547 e. The predicted octanol–water partition coefficient (Wildman–Crippen LogP) is 3.59. The molecule has 1 aromatic carbocycles. The number of nitrogens with one attached hydrogen (secondary N) is 1. The van der Waals surface area contributed by atoms with E-state index in [1.807, 2.05) is 30.1 Å². The van der Waals surface area contributed by atoms with Crippen molar-refractivity contribution in [1.82, 2.24) is 15.1 Å². The molecule has 0 aliphatic heterocycles. The fourth-order valence-corrected chi connectivity index (χ4v) is 2.81. The van der Waals surface area contributed by atoms with Crippen LogP contribution in [0.25, 0.3) is 0 Å². The van der Waals surface area contributed by atoms with Gasteiger partial charge in [-0.05, 0) is 31.5 Å². The highest BCUT2D eigenvalue weighted by atomic mass is 79.9. The van der Waals surface area contributed by atoms with Gasteiger partial charge in [-0.25, -0.2) is 0 Å². The van der Waals surface area contributed by atoms with Crippen molar-refractivity contribution in [2.24, 2.45) is 7.05 Å². The number of hydrogen-bond donors (Lipinski definition) is 1. The molecule has 1 N–H and O–H groups in total. The average Bonchev–Trinajstić information content (AvgIpc) is 2.76. The molecule has 2 atom stereocenters. The molecule has 0 bridgehead atoms. The third kappa shape index (κ3) is 2.82. The average molecular weight is 308 g/mol. The summed E-state index contributed by atoms with van der Waals surface area (Å²) in [5.74, 6) is 0. The van der Waals surface area contributed by atoms with Gasteiger partial charge in [-0.15, -0.1) is 0 Å². The van der Waals surface area contributed by atoms with E-state index in [2.05, 4.69) is 58.4 Å². The fourth-order valence-electron chi connectivity index (χ4n) is 2.19. The van der Waals surface area contributed by atoms with Crippen molar-refractivity contribution in [1.29, 1.82) is 0 Å². The highest BCUT2D eigenvalue weighted by Crippen LogP contribution is 2.25. The summed E-state index contributed by atoms with van der Waals surface area (Å²) in [6.45, 7) is 4.33. The zero-order chi connectivity index (χ0) is 13.1. The van der Waals surface area contributed by atoms with Crippen LogP contribution in [0.15, 0.2) is 41.0 Å². The lowest BCUT2D eigenvalue weighted by atomic mass is 10.1. The molecule has 0 spiro atoms. The van der Waals surface area contributed by atoms with E-state index in [4.69, 9.17) is 0 Å². The first kappa shape index (κ1) is 13.3.